The highest BCUT2D eigenvalue weighted by Crippen LogP contribution is 2.37. The van der Waals surface area contributed by atoms with Gasteiger partial charge in [0.25, 0.3) is 0 Å². The minimum Gasteiger partial charge on any atom is -0.302 e. The van der Waals surface area contributed by atoms with E-state index in [-0.39, 0.29) is 0 Å². The van der Waals surface area contributed by atoms with Crippen LogP contribution in [0.1, 0.15) is 0 Å². The fourth-order valence-corrected chi connectivity index (χ4v) is 6.61. The van der Waals surface area contributed by atoms with E-state index >= 15 is 0 Å². The molecular formula is C41H25N3. The van der Waals surface area contributed by atoms with Crippen molar-refractivity contribution in [1.29, 1.82) is 0 Å². The summed E-state index contributed by atoms with van der Waals surface area (Å²) in [5, 5.41) is 4.78. The van der Waals surface area contributed by atoms with Crippen LogP contribution >= 0.6 is 0 Å². The standard InChI is InChI=1S/C41H25N3/c1-3-10-28(11-4-1)29-17-21-33(22-18-29)44-39-24-20-30(26-37(39)36-15-9-25-42-41(36)44)31-19-23-35-34-14-7-8-16-38(34)43(40(35)27-31)32-12-5-2-6-13-32/h1-5,7-12,14-27H. The van der Waals surface area contributed by atoms with Crippen molar-refractivity contribution >= 4 is 43.7 Å². The molecule has 204 valence electrons. The van der Waals surface area contributed by atoms with Gasteiger partial charge in [-0.15, -0.1) is 0 Å². The monoisotopic (exact) mass is 559 g/mol. The second kappa shape index (κ2) is 9.73. The number of rotatable bonds is 4. The van der Waals surface area contributed by atoms with Crippen LogP contribution in [0, 0.1) is 12.1 Å². The first-order chi connectivity index (χ1) is 21.8. The minimum atomic E-state index is 0.957. The molecule has 44 heavy (non-hydrogen) atoms. The second-order valence-corrected chi connectivity index (χ2v) is 11.1. The lowest BCUT2D eigenvalue weighted by molar-refractivity contribution is 1.14. The van der Waals surface area contributed by atoms with E-state index in [4.69, 9.17) is 4.98 Å². The van der Waals surface area contributed by atoms with Gasteiger partial charge in [-0.3, -0.25) is 4.57 Å². The summed E-state index contributed by atoms with van der Waals surface area (Å²) in [6.07, 6.45) is 1.88. The number of hydrogen-bond donors (Lipinski definition) is 0. The summed E-state index contributed by atoms with van der Waals surface area (Å²) in [6, 6.07) is 58.0. The highest BCUT2D eigenvalue weighted by Gasteiger charge is 2.16. The van der Waals surface area contributed by atoms with E-state index in [9.17, 15) is 0 Å². The van der Waals surface area contributed by atoms with E-state index in [0.717, 1.165) is 33.4 Å². The Bertz CT molecular complexity index is 2470. The average Bonchev–Trinajstić information content (AvgIpc) is 3.61. The molecule has 3 aromatic heterocycles. The van der Waals surface area contributed by atoms with Gasteiger partial charge in [-0.1, -0.05) is 91.0 Å². The summed E-state index contributed by atoms with van der Waals surface area (Å²) in [5.74, 6) is 0. The summed E-state index contributed by atoms with van der Waals surface area (Å²) in [5.41, 5.74) is 11.2. The van der Waals surface area contributed by atoms with E-state index in [1.54, 1.807) is 0 Å². The van der Waals surface area contributed by atoms with Crippen molar-refractivity contribution in [3.8, 4) is 33.6 Å². The van der Waals surface area contributed by atoms with E-state index < -0.39 is 0 Å². The Balaban J connectivity index is 1.21. The lowest BCUT2D eigenvalue weighted by atomic mass is 10.0. The molecule has 9 rings (SSSR count). The Morgan fingerprint density at radius 2 is 1.16 bits per heavy atom. The van der Waals surface area contributed by atoms with Gasteiger partial charge in [-0.25, -0.2) is 4.98 Å². The molecule has 0 aliphatic heterocycles. The number of benzene rings is 5. The predicted molar refractivity (Wildman–Crippen MR) is 181 cm³/mol. The zero-order valence-electron chi connectivity index (χ0n) is 23.8. The van der Waals surface area contributed by atoms with E-state index in [1.165, 1.54) is 43.9 Å². The lowest BCUT2D eigenvalue weighted by Crippen LogP contribution is -1.95. The highest BCUT2D eigenvalue weighted by atomic mass is 15.0. The van der Waals surface area contributed by atoms with Crippen molar-refractivity contribution in [3.63, 3.8) is 0 Å². The fourth-order valence-electron chi connectivity index (χ4n) is 6.61. The van der Waals surface area contributed by atoms with Crippen molar-refractivity contribution in [2.75, 3.05) is 0 Å². The third-order valence-corrected chi connectivity index (χ3v) is 8.64. The van der Waals surface area contributed by atoms with Crippen LogP contribution in [-0.2, 0) is 0 Å². The maximum Gasteiger partial charge on any atom is 0.145 e. The highest BCUT2D eigenvalue weighted by molar-refractivity contribution is 6.11. The summed E-state index contributed by atoms with van der Waals surface area (Å²) in [4.78, 5) is 4.84. The molecule has 0 spiro atoms. The molecule has 3 nitrogen and oxygen atoms in total. The third-order valence-electron chi connectivity index (χ3n) is 8.64. The zero-order chi connectivity index (χ0) is 29.0. The molecule has 0 unspecified atom stereocenters. The van der Waals surface area contributed by atoms with Crippen LogP contribution < -0.4 is 0 Å². The first-order valence-corrected chi connectivity index (χ1v) is 14.8. The molecule has 0 saturated heterocycles. The molecule has 9 aromatic rings. The van der Waals surface area contributed by atoms with Crippen LogP contribution in [0.4, 0.5) is 0 Å². The van der Waals surface area contributed by atoms with Gasteiger partial charge < -0.3 is 4.57 Å². The third kappa shape index (κ3) is 3.75. The maximum atomic E-state index is 4.84. The number of nitrogens with zero attached hydrogens (tertiary/aromatic N) is 3. The molecule has 0 N–H and O–H groups in total. The molecule has 0 radical (unpaired) electrons. The first-order valence-electron chi connectivity index (χ1n) is 14.8. The Morgan fingerprint density at radius 3 is 2.02 bits per heavy atom. The van der Waals surface area contributed by atoms with E-state index in [2.05, 4.69) is 143 Å². The first kappa shape index (κ1) is 24.5. The van der Waals surface area contributed by atoms with Crippen molar-refractivity contribution in [2.45, 2.75) is 0 Å². The van der Waals surface area contributed by atoms with Gasteiger partial charge >= 0.3 is 0 Å². The normalized spacial score (nSPS) is 11.5. The Hall–Kier alpha value is -6.11. The summed E-state index contributed by atoms with van der Waals surface area (Å²) >= 11 is 0. The maximum absolute atomic E-state index is 4.84. The quantitative estimate of drug-likeness (QED) is 0.210. The van der Waals surface area contributed by atoms with Crippen molar-refractivity contribution in [1.82, 2.24) is 14.1 Å². The Kier molecular flexibility index (Phi) is 5.41. The number of aromatic nitrogens is 3. The van der Waals surface area contributed by atoms with Gasteiger partial charge in [-0.05, 0) is 89.0 Å². The molecule has 0 amide bonds. The Labute approximate surface area is 254 Å². The molecular weight excluding hydrogens is 534 g/mol. The SMILES string of the molecule is c1cccc(-n2c3ccccc3c3ccc(-c4ccc5c(c4)c4cccnc4n5-c4ccc(-c5ccccc5)cc4)cc32)c#1. The van der Waals surface area contributed by atoms with E-state index in [1.807, 2.05) is 30.5 Å². The molecule has 0 saturated carbocycles. The summed E-state index contributed by atoms with van der Waals surface area (Å²) in [6.45, 7) is 0. The van der Waals surface area contributed by atoms with Crippen LogP contribution in [0.2, 0.25) is 0 Å². The molecule has 3 heteroatoms. The molecule has 0 bridgehead atoms. The zero-order valence-corrected chi connectivity index (χ0v) is 23.8. The van der Waals surface area contributed by atoms with Gasteiger partial charge in [0.15, 0.2) is 0 Å². The van der Waals surface area contributed by atoms with Crippen LogP contribution in [0.5, 0.6) is 0 Å². The van der Waals surface area contributed by atoms with Gasteiger partial charge in [-0.2, -0.15) is 0 Å². The summed E-state index contributed by atoms with van der Waals surface area (Å²) in [7, 11) is 0. The Morgan fingerprint density at radius 1 is 0.455 bits per heavy atom. The van der Waals surface area contributed by atoms with Gasteiger partial charge in [0.1, 0.15) is 5.65 Å². The van der Waals surface area contributed by atoms with Crippen LogP contribution in [0.3, 0.4) is 0 Å². The molecule has 0 atom stereocenters. The van der Waals surface area contributed by atoms with Gasteiger partial charge in [0, 0.05) is 33.4 Å². The minimum absolute atomic E-state index is 0.957. The molecule has 6 aromatic carbocycles. The number of hydrogen-bond acceptors (Lipinski definition) is 1. The number of para-hydroxylation sites is 1. The molecule has 0 aliphatic rings. The largest absolute Gasteiger partial charge is 0.302 e. The molecule has 0 fully saturated rings. The van der Waals surface area contributed by atoms with Crippen molar-refractivity contribution < 1.29 is 0 Å². The average molecular weight is 560 g/mol. The summed E-state index contributed by atoms with van der Waals surface area (Å²) < 4.78 is 4.56. The van der Waals surface area contributed by atoms with Crippen molar-refractivity contribution in [3.05, 3.63) is 164 Å². The molecule has 0 aliphatic carbocycles. The predicted octanol–water partition coefficient (Wildman–Crippen LogP) is 10.2. The lowest BCUT2D eigenvalue weighted by Gasteiger charge is -2.10. The van der Waals surface area contributed by atoms with Crippen molar-refractivity contribution in [2.24, 2.45) is 0 Å². The second-order valence-electron chi connectivity index (χ2n) is 11.1. The molecule has 3 heterocycles. The van der Waals surface area contributed by atoms with Gasteiger partial charge in [0.05, 0.1) is 22.2 Å². The van der Waals surface area contributed by atoms with E-state index in [0.29, 0.717) is 0 Å². The van der Waals surface area contributed by atoms with Crippen LogP contribution in [-0.4, -0.2) is 14.1 Å². The number of fused-ring (bicyclic) bond motifs is 6. The van der Waals surface area contributed by atoms with Crippen LogP contribution in [0.15, 0.2) is 152 Å². The van der Waals surface area contributed by atoms with Crippen LogP contribution in [0.25, 0.3) is 77.4 Å². The number of pyridine rings is 1. The topological polar surface area (TPSA) is 22.8 Å². The van der Waals surface area contributed by atoms with Gasteiger partial charge in [0.2, 0.25) is 0 Å². The smallest absolute Gasteiger partial charge is 0.145 e. The fraction of sp³-hybridized carbons (Fsp3) is 0.